The summed E-state index contributed by atoms with van der Waals surface area (Å²) in [6.07, 6.45) is 0. The number of aromatic nitrogens is 2. The molecule has 1 aromatic heterocycles. The fourth-order valence-corrected chi connectivity index (χ4v) is 2.47. The summed E-state index contributed by atoms with van der Waals surface area (Å²) in [6.45, 7) is 1.92. The molecule has 1 heterocycles. The third-order valence-electron chi connectivity index (χ3n) is 3.76. The van der Waals surface area contributed by atoms with Crippen molar-refractivity contribution in [2.75, 3.05) is 29.6 Å². The second-order valence-electron chi connectivity index (χ2n) is 6.10. The highest BCUT2D eigenvalue weighted by Gasteiger charge is 2.05. The van der Waals surface area contributed by atoms with Gasteiger partial charge in [-0.05, 0) is 49.4 Å². The van der Waals surface area contributed by atoms with E-state index in [9.17, 15) is 0 Å². The highest BCUT2D eigenvalue weighted by molar-refractivity contribution is 5.63. The number of anilines is 5. The highest BCUT2D eigenvalue weighted by Crippen LogP contribution is 2.21. The van der Waals surface area contributed by atoms with Gasteiger partial charge >= 0.3 is 0 Å². The van der Waals surface area contributed by atoms with Crippen LogP contribution in [0.2, 0.25) is 0 Å². The first-order valence-electron chi connectivity index (χ1n) is 8.21. The monoisotopic (exact) mass is 344 g/mol. The average molecular weight is 344 g/mol. The van der Waals surface area contributed by atoms with Gasteiger partial charge in [0.25, 0.3) is 0 Å². The van der Waals surface area contributed by atoms with Crippen molar-refractivity contribution >= 4 is 28.8 Å². The molecule has 0 spiro atoms. The predicted molar refractivity (Wildman–Crippen MR) is 105 cm³/mol. The summed E-state index contributed by atoms with van der Waals surface area (Å²) >= 11 is 0. The Bertz CT molecular complexity index is 941. The Hall–Kier alpha value is -3.59. The SMILES string of the molecule is Cc1cc(Nc2ccc(N(C)C)cc2)nc(Nc2cccc(C#N)c2)n1. The average Bonchev–Trinajstić information content (AvgIpc) is 2.62. The Morgan fingerprint density at radius 2 is 1.69 bits per heavy atom. The molecule has 0 bridgehead atoms. The minimum atomic E-state index is 0.479. The third-order valence-corrected chi connectivity index (χ3v) is 3.76. The largest absolute Gasteiger partial charge is 0.378 e. The van der Waals surface area contributed by atoms with Crippen molar-refractivity contribution in [3.63, 3.8) is 0 Å². The molecule has 6 nitrogen and oxygen atoms in total. The van der Waals surface area contributed by atoms with Gasteiger partial charge < -0.3 is 15.5 Å². The molecular formula is C20H20N6. The van der Waals surface area contributed by atoms with Gasteiger partial charge in [-0.1, -0.05) is 6.07 Å². The summed E-state index contributed by atoms with van der Waals surface area (Å²) in [5.74, 6) is 1.18. The lowest BCUT2D eigenvalue weighted by Gasteiger charge is -2.14. The predicted octanol–water partition coefficient (Wildman–Crippen LogP) is 4.21. The molecular weight excluding hydrogens is 324 g/mol. The summed E-state index contributed by atoms with van der Waals surface area (Å²) in [6, 6.07) is 19.3. The van der Waals surface area contributed by atoms with Gasteiger partial charge in [-0.25, -0.2) is 4.98 Å². The fraction of sp³-hybridized carbons (Fsp3) is 0.150. The zero-order valence-electron chi connectivity index (χ0n) is 15.0. The van der Waals surface area contributed by atoms with E-state index < -0.39 is 0 Å². The first kappa shape index (κ1) is 17.2. The molecule has 0 amide bonds. The van der Waals surface area contributed by atoms with Crippen LogP contribution in [-0.2, 0) is 0 Å². The third kappa shape index (κ3) is 4.28. The highest BCUT2D eigenvalue weighted by atomic mass is 15.1. The van der Waals surface area contributed by atoms with Crippen LogP contribution in [0.25, 0.3) is 0 Å². The molecule has 130 valence electrons. The normalized spacial score (nSPS) is 10.1. The van der Waals surface area contributed by atoms with Crippen molar-refractivity contribution in [1.82, 2.24) is 9.97 Å². The molecule has 3 aromatic rings. The van der Waals surface area contributed by atoms with Crippen LogP contribution in [0.15, 0.2) is 54.6 Å². The van der Waals surface area contributed by atoms with E-state index in [0.717, 1.165) is 22.8 Å². The van der Waals surface area contributed by atoms with Crippen molar-refractivity contribution in [3.8, 4) is 6.07 Å². The minimum Gasteiger partial charge on any atom is -0.378 e. The Kier molecular flexibility index (Phi) is 4.99. The van der Waals surface area contributed by atoms with E-state index in [1.165, 1.54) is 0 Å². The number of benzene rings is 2. The maximum Gasteiger partial charge on any atom is 0.229 e. The first-order chi connectivity index (χ1) is 12.5. The topological polar surface area (TPSA) is 76.9 Å². The van der Waals surface area contributed by atoms with Gasteiger partial charge in [0.1, 0.15) is 5.82 Å². The molecule has 26 heavy (non-hydrogen) atoms. The van der Waals surface area contributed by atoms with Crippen LogP contribution in [0.3, 0.4) is 0 Å². The number of nitrogens with zero attached hydrogens (tertiary/aromatic N) is 4. The van der Waals surface area contributed by atoms with Crippen LogP contribution in [-0.4, -0.2) is 24.1 Å². The van der Waals surface area contributed by atoms with Crippen LogP contribution in [0.1, 0.15) is 11.3 Å². The molecule has 2 N–H and O–H groups in total. The van der Waals surface area contributed by atoms with Gasteiger partial charge in [-0.2, -0.15) is 10.2 Å². The van der Waals surface area contributed by atoms with Crippen molar-refractivity contribution in [2.24, 2.45) is 0 Å². The molecule has 0 aliphatic rings. The maximum atomic E-state index is 9.01. The van der Waals surface area contributed by atoms with Gasteiger partial charge in [0.2, 0.25) is 5.95 Å². The Morgan fingerprint density at radius 1 is 0.923 bits per heavy atom. The van der Waals surface area contributed by atoms with E-state index >= 15 is 0 Å². The molecule has 2 aromatic carbocycles. The Morgan fingerprint density at radius 3 is 2.38 bits per heavy atom. The molecule has 0 saturated heterocycles. The summed E-state index contributed by atoms with van der Waals surface area (Å²) in [4.78, 5) is 11.0. The first-order valence-corrected chi connectivity index (χ1v) is 8.21. The van der Waals surface area contributed by atoms with Crippen molar-refractivity contribution in [1.29, 1.82) is 5.26 Å². The number of rotatable bonds is 5. The second kappa shape index (κ2) is 7.53. The molecule has 3 rings (SSSR count). The minimum absolute atomic E-state index is 0.479. The smallest absolute Gasteiger partial charge is 0.229 e. The van der Waals surface area contributed by atoms with Crippen molar-refractivity contribution in [2.45, 2.75) is 6.92 Å². The van der Waals surface area contributed by atoms with Gasteiger partial charge in [-0.3, -0.25) is 0 Å². The van der Waals surface area contributed by atoms with E-state index in [-0.39, 0.29) is 0 Å². The van der Waals surface area contributed by atoms with Crippen LogP contribution in [0.4, 0.5) is 28.8 Å². The lowest BCUT2D eigenvalue weighted by Crippen LogP contribution is -2.08. The lowest BCUT2D eigenvalue weighted by atomic mass is 10.2. The van der Waals surface area contributed by atoms with Gasteiger partial charge in [0, 0.05) is 42.9 Å². The second-order valence-corrected chi connectivity index (χ2v) is 6.10. The number of nitriles is 1. The Balaban J connectivity index is 1.80. The van der Waals surface area contributed by atoms with Gasteiger partial charge in [0.15, 0.2) is 0 Å². The molecule has 0 fully saturated rings. The summed E-state index contributed by atoms with van der Waals surface area (Å²) < 4.78 is 0. The number of aryl methyl sites for hydroxylation is 1. The molecule has 0 radical (unpaired) electrons. The van der Waals surface area contributed by atoms with Crippen LogP contribution >= 0.6 is 0 Å². The van der Waals surface area contributed by atoms with E-state index in [1.54, 1.807) is 12.1 Å². The van der Waals surface area contributed by atoms with Gasteiger partial charge in [0.05, 0.1) is 11.6 Å². The van der Waals surface area contributed by atoms with Crippen LogP contribution < -0.4 is 15.5 Å². The van der Waals surface area contributed by atoms with E-state index in [0.29, 0.717) is 17.3 Å². The zero-order valence-corrected chi connectivity index (χ0v) is 15.0. The van der Waals surface area contributed by atoms with E-state index in [1.807, 2.05) is 63.5 Å². The lowest BCUT2D eigenvalue weighted by molar-refractivity contribution is 1.11. The van der Waals surface area contributed by atoms with Crippen LogP contribution in [0.5, 0.6) is 0 Å². The quantitative estimate of drug-likeness (QED) is 0.722. The summed E-state index contributed by atoms with van der Waals surface area (Å²) in [5.41, 5.74) is 4.28. The summed E-state index contributed by atoms with van der Waals surface area (Å²) in [5, 5.41) is 15.5. The molecule has 0 aliphatic heterocycles. The zero-order chi connectivity index (χ0) is 18.5. The summed E-state index contributed by atoms with van der Waals surface area (Å²) in [7, 11) is 4.02. The molecule has 6 heteroatoms. The molecule has 0 unspecified atom stereocenters. The van der Waals surface area contributed by atoms with Crippen molar-refractivity contribution in [3.05, 3.63) is 65.9 Å². The standard InChI is InChI=1S/C20H20N6/c1-14-11-19(23-16-7-9-18(10-8-16)26(2)3)25-20(22-14)24-17-6-4-5-15(12-17)13-21/h4-12H,1-3H3,(H2,22,23,24,25). The number of hydrogen-bond acceptors (Lipinski definition) is 6. The maximum absolute atomic E-state index is 9.01. The Labute approximate surface area is 153 Å². The van der Waals surface area contributed by atoms with E-state index in [4.69, 9.17) is 5.26 Å². The van der Waals surface area contributed by atoms with Crippen molar-refractivity contribution < 1.29 is 0 Å². The molecule has 0 saturated carbocycles. The molecule has 0 aliphatic carbocycles. The van der Waals surface area contributed by atoms with Crippen LogP contribution in [0, 0.1) is 18.3 Å². The van der Waals surface area contributed by atoms with Gasteiger partial charge in [-0.15, -0.1) is 0 Å². The molecule has 0 atom stereocenters. The fourth-order valence-electron chi connectivity index (χ4n) is 2.47. The van der Waals surface area contributed by atoms with E-state index in [2.05, 4.69) is 31.6 Å². The number of hydrogen-bond donors (Lipinski definition) is 2. The number of nitrogens with one attached hydrogen (secondary N) is 2.